The van der Waals surface area contributed by atoms with Crippen molar-refractivity contribution in [2.45, 2.75) is 41.6 Å². The number of carbonyl (C=O) groups excluding carboxylic acids is 1. The van der Waals surface area contributed by atoms with Crippen LogP contribution in [0.15, 0.2) is 59.6 Å². The monoisotopic (exact) mass is 544 g/mol. The van der Waals surface area contributed by atoms with Gasteiger partial charge in [0.25, 0.3) is 5.91 Å². The molecule has 37 heavy (non-hydrogen) atoms. The lowest BCUT2D eigenvalue weighted by molar-refractivity contribution is -0.131. The van der Waals surface area contributed by atoms with Gasteiger partial charge in [0.2, 0.25) is 5.06 Å². The highest BCUT2D eigenvalue weighted by Crippen LogP contribution is 2.35. The molecular weight excluding hydrogens is 520 g/mol. The minimum atomic E-state index is -3.35. The first-order chi connectivity index (χ1) is 17.8. The van der Waals surface area contributed by atoms with Gasteiger partial charge < -0.3 is 19.3 Å². The van der Waals surface area contributed by atoms with Gasteiger partial charge in [-0.2, -0.15) is 0 Å². The molecule has 1 aliphatic carbocycles. The Morgan fingerprint density at radius 2 is 1.92 bits per heavy atom. The Bertz CT molecular complexity index is 1390. The number of nitrogens with zero attached hydrogens (tertiary/aromatic N) is 1. The second-order valence-electron chi connectivity index (χ2n) is 8.72. The van der Waals surface area contributed by atoms with Gasteiger partial charge in [0.1, 0.15) is 5.75 Å². The van der Waals surface area contributed by atoms with Gasteiger partial charge in [-0.15, -0.1) is 0 Å². The summed E-state index contributed by atoms with van der Waals surface area (Å²) in [7, 11) is -3.35. The highest BCUT2D eigenvalue weighted by atomic mass is 32.2. The summed E-state index contributed by atoms with van der Waals surface area (Å²) in [4.78, 5) is 28.8. The molecule has 5 rings (SSSR count). The van der Waals surface area contributed by atoms with Crippen molar-refractivity contribution in [1.82, 2.24) is 4.98 Å². The number of carboxylic acid groups (broad SMARTS) is 1. The van der Waals surface area contributed by atoms with Crippen LogP contribution in [0.3, 0.4) is 0 Å². The SMILES string of the molecule is O=C(O)c1cccc(Oc2cnc(NC(=O)C(O[C@@H]3CCOC3)c3ccc(S(=O)(=O)C4CC4)cc3)s2)c1. The molecule has 194 valence electrons. The normalized spacial score (nSPS) is 18.3. The largest absolute Gasteiger partial charge is 0.478 e. The predicted molar refractivity (Wildman–Crippen MR) is 134 cm³/mol. The molecule has 2 aliphatic rings. The first kappa shape index (κ1) is 25.3. The number of amides is 1. The van der Waals surface area contributed by atoms with E-state index in [9.17, 15) is 18.0 Å². The van der Waals surface area contributed by atoms with Gasteiger partial charge in [-0.05, 0) is 55.2 Å². The zero-order chi connectivity index (χ0) is 26.0. The number of benzene rings is 2. The highest BCUT2D eigenvalue weighted by Gasteiger charge is 2.37. The molecule has 12 heteroatoms. The lowest BCUT2D eigenvalue weighted by atomic mass is 10.1. The quantitative estimate of drug-likeness (QED) is 0.386. The number of ether oxygens (including phenoxy) is 3. The Hall–Kier alpha value is -3.32. The van der Waals surface area contributed by atoms with Crippen molar-refractivity contribution in [3.63, 3.8) is 0 Å². The molecule has 2 heterocycles. The van der Waals surface area contributed by atoms with Gasteiger partial charge in [-0.3, -0.25) is 10.1 Å². The molecule has 3 aromatic rings. The molecule has 2 atom stereocenters. The van der Waals surface area contributed by atoms with Crippen LogP contribution in [0.5, 0.6) is 10.8 Å². The topological polar surface area (TPSA) is 141 Å². The van der Waals surface area contributed by atoms with Crippen LogP contribution in [-0.2, 0) is 24.1 Å². The second kappa shape index (κ2) is 10.6. The van der Waals surface area contributed by atoms with Crippen LogP contribution in [0.4, 0.5) is 5.13 Å². The van der Waals surface area contributed by atoms with E-state index in [1.54, 1.807) is 24.3 Å². The maximum absolute atomic E-state index is 13.3. The number of thiazole rings is 1. The van der Waals surface area contributed by atoms with Gasteiger partial charge >= 0.3 is 5.97 Å². The Balaban J connectivity index is 1.31. The van der Waals surface area contributed by atoms with Crippen molar-refractivity contribution in [2.75, 3.05) is 18.5 Å². The Kier molecular flexibility index (Phi) is 7.24. The summed E-state index contributed by atoms with van der Waals surface area (Å²) in [6.07, 6.45) is 2.12. The standard InChI is InChI=1S/C25H24N2O8S2/c28-23(27-25-26-13-21(36-25)34-17-3-1-2-16(12-17)24(29)30)22(35-18-10-11-33-14-18)15-4-6-19(7-5-15)37(31,32)20-8-9-20/h1-7,12-13,18,20,22H,8-11,14H2,(H,29,30)(H,26,27,28)/t18-,22?/m1/s1. The van der Waals surface area contributed by atoms with E-state index in [2.05, 4.69) is 10.3 Å². The summed E-state index contributed by atoms with van der Waals surface area (Å²) in [6, 6.07) is 12.3. The molecule has 0 spiro atoms. The summed E-state index contributed by atoms with van der Waals surface area (Å²) < 4.78 is 42.2. The van der Waals surface area contributed by atoms with Gasteiger partial charge in [-0.1, -0.05) is 29.5 Å². The van der Waals surface area contributed by atoms with E-state index in [-0.39, 0.29) is 26.9 Å². The van der Waals surface area contributed by atoms with Crippen LogP contribution in [0.1, 0.15) is 41.3 Å². The van der Waals surface area contributed by atoms with Crippen LogP contribution >= 0.6 is 11.3 Å². The van der Waals surface area contributed by atoms with Gasteiger partial charge in [0.05, 0.1) is 34.6 Å². The molecule has 2 aromatic carbocycles. The molecular formula is C25H24N2O8S2. The van der Waals surface area contributed by atoms with Crippen molar-refractivity contribution in [3.05, 3.63) is 65.9 Å². The molecule has 1 unspecified atom stereocenters. The summed E-state index contributed by atoms with van der Waals surface area (Å²) in [5, 5.41) is 12.2. The number of aromatic nitrogens is 1. The number of carboxylic acids is 1. The number of hydrogen-bond donors (Lipinski definition) is 2. The lowest BCUT2D eigenvalue weighted by Gasteiger charge is -2.21. The summed E-state index contributed by atoms with van der Waals surface area (Å²) >= 11 is 1.07. The number of anilines is 1. The van der Waals surface area contributed by atoms with Crippen LogP contribution in [0, 0.1) is 0 Å². The number of hydrogen-bond acceptors (Lipinski definition) is 9. The van der Waals surface area contributed by atoms with Crippen LogP contribution in [0.25, 0.3) is 0 Å². The van der Waals surface area contributed by atoms with Crippen molar-refractivity contribution < 1.29 is 37.3 Å². The van der Waals surface area contributed by atoms with Crippen LogP contribution in [0.2, 0.25) is 0 Å². The van der Waals surface area contributed by atoms with Crippen molar-refractivity contribution >= 4 is 38.2 Å². The van der Waals surface area contributed by atoms with E-state index in [1.165, 1.54) is 30.5 Å². The minimum absolute atomic E-state index is 0.0855. The fraction of sp³-hybridized carbons (Fsp3) is 0.320. The molecule has 0 bridgehead atoms. The van der Waals surface area contributed by atoms with E-state index in [0.717, 1.165) is 11.3 Å². The number of aromatic carboxylic acids is 1. The molecule has 2 N–H and O–H groups in total. The lowest BCUT2D eigenvalue weighted by Crippen LogP contribution is -2.28. The number of nitrogens with one attached hydrogen (secondary N) is 1. The van der Waals surface area contributed by atoms with E-state index in [4.69, 9.17) is 19.3 Å². The maximum atomic E-state index is 13.3. The fourth-order valence-electron chi connectivity index (χ4n) is 3.85. The number of carbonyl (C=O) groups is 2. The van der Waals surface area contributed by atoms with E-state index in [1.807, 2.05) is 0 Å². The molecule has 1 saturated carbocycles. The first-order valence-corrected chi connectivity index (χ1v) is 14.0. The average Bonchev–Trinajstić information content (AvgIpc) is 3.47. The summed E-state index contributed by atoms with van der Waals surface area (Å²) in [5.74, 6) is -1.22. The summed E-state index contributed by atoms with van der Waals surface area (Å²) in [5.41, 5.74) is 0.597. The van der Waals surface area contributed by atoms with Crippen molar-refractivity contribution in [1.29, 1.82) is 0 Å². The average molecular weight is 545 g/mol. The minimum Gasteiger partial charge on any atom is -0.478 e. The highest BCUT2D eigenvalue weighted by molar-refractivity contribution is 7.92. The van der Waals surface area contributed by atoms with Crippen molar-refractivity contribution in [3.8, 4) is 10.8 Å². The maximum Gasteiger partial charge on any atom is 0.335 e. The van der Waals surface area contributed by atoms with Crippen LogP contribution < -0.4 is 10.1 Å². The molecule has 10 nitrogen and oxygen atoms in total. The Labute approximate surface area is 217 Å². The fourth-order valence-corrected chi connectivity index (χ4v) is 6.20. The molecule has 1 amide bonds. The zero-order valence-corrected chi connectivity index (χ0v) is 21.2. The smallest absolute Gasteiger partial charge is 0.335 e. The number of sulfone groups is 1. The molecule has 1 saturated heterocycles. The zero-order valence-electron chi connectivity index (χ0n) is 19.5. The second-order valence-corrected chi connectivity index (χ2v) is 11.9. The Morgan fingerprint density at radius 3 is 2.59 bits per heavy atom. The number of rotatable bonds is 10. The third-order valence-electron chi connectivity index (χ3n) is 5.94. The van der Waals surface area contributed by atoms with E-state index < -0.39 is 27.8 Å². The first-order valence-electron chi connectivity index (χ1n) is 11.6. The summed E-state index contributed by atoms with van der Waals surface area (Å²) in [6.45, 7) is 0.899. The van der Waals surface area contributed by atoms with Gasteiger partial charge in [-0.25, -0.2) is 18.2 Å². The van der Waals surface area contributed by atoms with E-state index >= 15 is 0 Å². The van der Waals surface area contributed by atoms with Gasteiger partial charge in [0.15, 0.2) is 21.1 Å². The Morgan fingerprint density at radius 1 is 1.14 bits per heavy atom. The molecule has 0 radical (unpaired) electrons. The molecule has 1 aromatic heterocycles. The molecule has 1 aliphatic heterocycles. The third-order valence-corrected chi connectivity index (χ3v) is 9.01. The predicted octanol–water partition coefficient (Wildman–Crippen LogP) is 4.06. The van der Waals surface area contributed by atoms with E-state index in [0.29, 0.717) is 48.9 Å². The van der Waals surface area contributed by atoms with Gasteiger partial charge in [0, 0.05) is 6.61 Å². The van der Waals surface area contributed by atoms with Crippen LogP contribution in [-0.4, -0.2) is 55.0 Å². The van der Waals surface area contributed by atoms with Crippen molar-refractivity contribution in [2.24, 2.45) is 0 Å². The third kappa shape index (κ3) is 5.99. The molecule has 2 fully saturated rings.